The number of fused-ring (bicyclic) bond motifs is 8. The Bertz CT molecular complexity index is 8670. The zero-order valence-corrected chi connectivity index (χ0v) is 89.8. The van der Waals surface area contributed by atoms with Crippen LogP contribution in [0.15, 0.2) is 376 Å². The van der Waals surface area contributed by atoms with Gasteiger partial charge in [-0.25, -0.2) is 9.97 Å². The van der Waals surface area contributed by atoms with Crippen molar-refractivity contribution < 1.29 is 124 Å². The molecule has 14 aromatic carbocycles. The minimum absolute atomic E-state index is 0. The van der Waals surface area contributed by atoms with Gasteiger partial charge in [0, 0.05) is 92.4 Å². The van der Waals surface area contributed by atoms with Gasteiger partial charge in [0.05, 0.1) is 28.2 Å². The summed E-state index contributed by atoms with van der Waals surface area (Å²) in [4.78, 5) is 54.2. The smallest absolute Gasteiger partial charge is 0.506 e. The predicted molar refractivity (Wildman–Crippen MR) is 569 cm³/mol. The van der Waals surface area contributed by atoms with Crippen LogP contribution in [0.2, 0.25) is 0 Å². The van der Waals surface area contributed by atoms with Crippen molar-refractivity contribution >= 4 is 113 Å². The number of phenolic OH excluding ortho intramolecular Hbond substituents is 4. The molecule has 150 heavy (non-hydrogen) atoms. The van der Waals surface area contributed by atoms with E-state index < -0.39 is 0 Å². The minimum atomic E-state index is -0.0237. The molecule has 748 valence electrons. The third-order valence-electron chi connectivity index (χ3n) is 25.0. The second kappa shape index (κ2) is 44.0. The van der Waals surface area contributed by atoms with Crippen LogP contribution in [-0.4, -0.2) is 107 Å². The number of para-hydroxylation sites is 14. The minimum Gasteiger partial charge on any atom is -0.506 e. The van der Waals surface area contributed by atoms with Crippen molar-refractivity contribution in [3.63, 3.8) is 0 Å². The molecule has 0 fully saturated rings. The number of ether oxygens (including phenoxy) is 4. The molecule has 28 nitrogen and oxygen atoms in total. The first-order chi connectivity index (χ1) is 71.5. The molecule has 32 heteroatoms. The normalized spacial score (nSPS) is 12.4. The molecule has 4 N–H and O–H groups in total. The molecule has 0 saturated heterocycles. The summed E-state index contributed by atoms with van der Waals surface area (Å²) < 4.78 is 32.1. The second-order valence-corrected chi connectivity index (χ2v) is 34.5. The first kappa shape index (κ1) is 102. The number of hydrogen-bond donors (Lipinski definition) is 4. The van der Waals surface area contributed by atoms with Crippen LogP contribution in [0.5, 0.6) is 69.5 Å². The van der Waals surface area contributed by atoms with Gasteiger partial charge in [0.1, 0.15) is 63.3 Å². The Morgan fingerprint density at radius 3 is 0.947 bits per heavy atom. The van der Waals surface area contributed by atoms with Crippen molar-refractivity contribution in [2.75, 3.05) is 67.4 Å². The average molecular weight is 2690 g/mol. The SMILES string of the molecule is CN1[CH-]N(c2cccc(Oc3[c-]c4c(cc3)nc(-c3ccccc3)n4-c3ccccc3O)n2)c2ccccc21.CN1[CH-]N(c2cccc(Oc3ccc4nc(-c5ccccc5)n(-c5[c-]cccc5)c4c3O)n2)c2ccccc21.Cc1nc2ccc(Oc3cccc(N4[CH-]N(C)c5ccccc54)n3)[c-]c2n1-c1ccccc1O.Cc1nc2ccc(Oc3cccc(N4[CH-]N(C)c5ccccc54)n3)c(O)c2n1-c1[c-]cccc1.[Pt+2].[Pt+2].[Pt+2].[Pt+2]. The summed E-state index contributed by atoms with van der Waals surface area (Å²) in [5.74, 6) is 9.36. The van der Waals surface area contributed by atoms with E-state index in [1.165, 1.54) is 0 Å². The van der Waals surface area contributed by atoms with E-state index in [0.717, 1.165) is 114 Å². The van der Waals surface area contributed by atoms with Crippen LogP contribution in [0.25, 0.3) is 89.7 Å². The Balaban J connectivity index is 0.000000125. The maximum absolute atomic E-state index is 11.5. The molecule has 0 radical (unpaired) electrons. The number of hydrogen-bond acceptors (Lipinski definition) is 24. The molecule has 0 atom stereocenters. The summed E-state index contributed by atoms with van der Waals surface area (Å²) in [6.45, 7) is 11.8. The Labute approximate surface area is 921 Å². The standard InChI is InChI=1S/2C32H23N5O2.2C27H21N5O2.4Pt/c1-35-21-36(26-16-9-8-15-25(26)35)28-17-10-18-29(34-28)39-27-20-19-24-30(31(27)38)37(23-13-6-3-7-14-23)32(33-24)22-11-4-2-5-12-22;1-35-21-36(26-13-6-5-12-25(26)35)30-16-9-17-31(34-30)39-23-18-19-24-28(20-23)37(27-14-7-8-15-29(27)38)32(33-24)22-10-3-2-4-11-22;1-18-28-20-15-14-19(16-24(20)32(18)23-10-5-6-11-25(23)33)34-27-13-7-12-26(29-27)31-17-30(2)21-8-3-4-9-22(21)31;1-18-28-20-15-16-23(27(33)26(20)32(18)19-9-4-3-5-10-19)34-25-14-8-13-24(29-25)31-17-30(2)21-11-6-7-12-22(21)31;;;;/h2-13,15-21,38H,1H3;2-19,21,38H,1H3;3-15,17,33H,1-2H3;3-9,11-17,33H,1-2H3;;;;/q4*-2;4*+2. The zero-order valence-electron chi connectivity index (χ0n) is 80.7. The quantitative estimate of drug-likeness (QED) is 0.0582. The van der Waals surface area contributed by atoms with E-state index >= 15 is 0 Å². The van der Waals surface area contributed by atoms with Gasteiger partial charge in [-0.3, -0.25) is 9.97 Å². The van der Waals surface area contributed by atoms with Gasteiger partial charge in [0.15, 0.2) is 23.0 Å². The van der Waals surface area contributed by atoms with E-state index in [9.17, 15) is 20.4 Å². The van der Waals surface area contributed by atoms with Gasteiger partial charge in [0.2, 0.25) is 23.5 Å². The Morgan fingerprint density at radius 2 is 0.553 bits per heavy atom. The summed E-state index contributed by atoms with van der Waals surface area (Å²) >= 11 is 0. The predicted octanol–water partition coefficient (Wildman–Crippen LogP) is 25.6. The average Bonchev–Trinajstić information content (AvgIpc) is 1.59. The number of imidazole rings is 4. The summed E-state index contributed by atoms with van der Waals surface area (Å²) in [6, 6.07) is 132. The van der Waals surface area contributed by atoms with Crippen molar-refractivity contribution in [3.05, 3.63) is 439 Å². The van der Waals surface area contributed by atoms with Crippen molar-refractivity contribution in [1.82, 2.24) is 58.1 Å². The van der Waals surface area contributed by atoms with Crippen LogP contribution in [0.4, 0.5) is 68.8 Å². The van der Waals surface area contributed by atoms with Crippen LogP contribution in [0.1, 0.15) is 11.6 Å². The molecule has 22 aromatic rings. The van der Waals surface area contributed by atoms with Crippen LogP contribution < -0.4 is 58.1 Å². The molecule has 0 aliphatic carbocycles. The molecule has 0 spiro atoms. The number of aromatic nitrogens is 12. The van der Waals surface area contributed by atoms with E-state index in [0.29, 0.717) is 97.2 Å². The molecule has 4 aliphatic rings. The molecule has 12 heterocycles. The number of phenols is 4. The Morgan fingerprint density at radius 1 is 0.253 bits per heavy atom. The van der Waals surface area contributed by atoms with Crippen LogP contribution in [-0.2, 0) is 84.3 Å². The van der Waals surface area contributed by atoms with E-state index in [4.69, 9.17) is 48.9 Å². The summed E-state index contributed by atoms with van der Waals surface area (Å²) in [5, 5.41) is 43.8. The Kier molecular flexibility index (Phi) is 29.9. The number of anilines is 12. The van der Waals surface area contributed by atoms with Gasteiger partial charge in [-0.1, -0.05) is 169 Å². The van der Waals surface area contributed by atoms with Gasteiger partial charge in [-0.2, -0.15) is 68.5 Å². The summed E-state index contributed by atoms with van der Waals surface area (Å²) in [5.41, 5.74) is 18.6. The number of aryl methyl sites for hydroxylation is 2. The number of nitrogens with zero attached hydrogens (tertiary/aromatic N) is 20. The fraction of sp³-hybridized carbons (Fsp3) is 0.0508. The molecule has 0 amide bonds. The molecule has 0 saturated carbocycles. The van der Waals surface area contributed by atoms with E-state index in [1.54, 1.807) is 48.5 Å². The van der Waals surface area contributed by atoms with E-state index in [2.05, 4.69) is 91.4 Å². The van der Waals surface area contributed by atoms with Gasteiger partial charge < -0.3 is 96.8 Å². The Hall–Kier alpha value is -16.9. The maximum atomic E-state index is 11.5. The first-order valence-corrected chi connectivity index (χ1v) is 46.9. The molecule has 0 bridgehead atoms. The fourth-order valence-electron chi connectivity index (χ4n) is 18.3. The van der Waals surface area contributed by atoms with Gasteiger partial charge in [0.25, 0.3) is 0 Å². The molecular weight excluding hydrogens is 2610 g/mol. The molecule has 8 aromatic heterocycles. The molecular formula is C118H88N20O8Pt4. The zero-order chi connectivity index (χ0) is 99.2. The number of rotatable bonds is 18. The third-order valence-corrected chi connectivity index (χ3v) is 25.0. The van der Waals surface area contributed by atoms with Crippen LogP contribution in [0, 0.1) is 64.8 Å². The number of pyridine rings is 4. The van der Waals surface area contributed by atoms with Crippen LogP contribution in [0.3, 0.4) is 0 Å². The molecule has 0 unspecified atom stereocenters. The largest absolute Gasteiger partial charge is 2.00 e. The first-order valence-electron chi connectivity index (χ1n) is 46.9. The topological polar surface area (TPSA) is 267 Å². The summed E-state index contributed by atoms with van der Waals surface area (Å²) in [7, 11) is 8.03. The molecule has 4 aliphatic heterocycles. The number of aromatic hydroxyl groups is 4. The monoisotopic (exact) mass is 2690 g/mol. The van der Waals surface area contributed by atoms with Crippen molar-refractivity contribution in [2.45, 2.75) is 13.8 Å². The van der Waals surface area contributed by atoms with E-state index in [-0.39, 0.29) is 113 Å². The van der Waals surface area contributed by atoms with Crippen molar-refractivity contribution in [3.8, 4) is 115 Å². The number of benzene rings is 14. The van der Waals surface area contributed by atoms with Gasteiger partial charge in [-0.15, -0.1) is 75.2 Å². The molecule has 26 rings (SSSR count). The van der Waals surface area contributed by atoms with E-state index in [1.807, 2.05) is 397 Å². The second-order valence-electron chi connectivity index (χ2n) is 34.5. The van der Waals surface area contributed by atoms with Gasteiger partial charge in [-0.05, 0) is 185 Å². The van der Waals surface area contributed by atoms with Crippen molar-refractivity contribution in [1.29, 1.82) is 0 Å². The van der Waals surface area contributed by atoms with Crippen molar-refractivity contribution in [2.24, 2.45) is 0 Å². The third kappa shape index (κ3) is 20.0. The van der Waals surface area contributed by atoms with Crippen LogP contribution >= 0.6 is 0 Å². The fourth-order valence-corrected chi connectivity index (χ4v) is 18.3. The van der Waals surface area contributed by atoms with Gasteiger partial charge >= 0.3 is 84.3 Å². The maximum Gasteiger partial charge on any atom is 2.00 e. The summed E-state index contributed by atoms with van der Waals surface area (Å²) in [6.07, 6.45) is 0.